The molecule has 1 fully saturated rings. The van der Waals surface area contributed by atoms with Crippen LogP contribution in [0.2, 0.25) is 0 Å². The number of amides is 2. The number of hydrogen-bond acceptors (Lipinski definition) is 4. The molecule has 1 aromatic carbocycles. The number of thiazole rings is 1. The predicted molar refractivity (Wildman–Crippen MR) is 104 cm³/mol. The van der Waals surface area contributed by atoms with Crippen LogP contribution >= 0.6 is 11.3 Å². The summed E-state index contributed by atoms with van der Waals surface area (Å²) in [6.45, 7) is 6.37. The highest BCUT2D eigenvalue weighted by Crippen LogP contribution is 2.37. The van der Waals surface area contributed by atoms with Crippen molar-refractivity contribution in [2.24, 2.45) is 5.92 Å². The summed E-state index contributed by atoms with van der Waals surface area (Å²) >= 11 is 1.51. The van der Waals surface area contributed by atoms with Crippen LogP contribution in [0.25, 0.3) is 0 Å². The van der Waals surface area contributed by atoms with Gasteiger partial charge in [0.1, 0.15) is 0 Å². The zero-order valence-corrected chi connectivity index (χ0v) is 16.5. The van der Waals surface area contributed by atoms with Gasteiger partial charge >= 0.3 is 0 Å². The molecule has 26 heavy (non-hydrogen) atoms. The van der Waals surface area contributed by atoms with E-state index < -0.39 is 0 Å². The van der Waals surface area contributed by atoms with Crippen molar-refractivity contribution in [3.8, 4) is 0 Å². The predicted octanol–water partition coefficient (Wildman–Crippen LogP) is 3.99. The fourth-order valence-corrected chi connectivity index (χ4v) is 4.17. The Morgan fingerprint density at radius 2 is 1.96 bits per heavy atom. The van der Waals surface area contributed by atoms with E-state index in [9.17, 15) is 9.59 Å². The molecule has 0 radical (unpaired) electrons. The number of carbonyl (C=O) groups excluding carboxylic acids is 2. The zero-order chi connectivity index (χ0) is 18.9. The van der Waals surface area contributed by atoms with Crippen LogP contribution in [0.5, 0.6) is 0 Å². The summed E-state index contributed by atoms with van der Waals surface area (Å²) in [5, 5.41) is 3.59. The third-order valence-corrected chi connectivity index (χ3v) is 6.15. The molecule has 0 spiro atoms. The third-order valence-electron chi connectivity index (χ3n) is 4.81. The topological polar surface area (TPSA) is 62.3 Å². The van der Waals surface area contributed by atoms with Crippen LogP contribution in [0, 0.1) is 5.92 Å². The first-order valence-electron chi connectivity index (χ1n) is 8.85. The minimum absolute atomic E-state index is 0.00466. The number of benzene rings is 1. The highest BCUT2D eigenvalue weighted by Gasteiger charge is 2.39. The first kappa shape index (κ1) is 18.6. The second-order valence-corrected chi connectivity index (χ2v) is 8.80. The number of piperidine rings is 1. The molecule has 5 nitrogen and oxygen atoms in total. The molecule has 6 heteroatoms. The van der Waals surface area contributed by atoms with E-state index in [1.807, 2.05) is 36.5 Å². The number of hydrogen-bond donors (Lipinski definition) is 1. The van der Waals surface area contributed by atoms with E-state index in [1.54, 1.807) is 11.9 Å². The molecule has 0 aliphatic carbocycles. The Balaban J connectivity index is 1.82. The summed E-state index contributed by atoms with van der Waals surface area (Å²) in [5.41, 5.74) is 0.989. The van der Waals surface area contributed by atoms with Gasteiger partial charge in [0.05, 0.1) is 12.0 Å². The summed E-state index contributed by atoms with van der Waals surface area (Å²) in [5.74, 6) is -0.290. The molecule has 2 atom stereocenters. The largest absolute Gasteiger partial charge is 0.338 e. The Bertz CT molecular complexity index is 795. The lowest BCUT2D eigenvalue weighted by Crippen LogP contribution is -2.44. The van der Waals surface area contributed by atoms with Gasteiger partial charge in [-0.25, -0.2) is 4.98 Å². The average molecular weight is 372 g/mol. The van der Waals surface area contributed by atoms with Crippen molar-refractivity contribution < 1.29 is 9.59 Å². The van der Waals surface area contributed by atoms with E-state index in [0.29, 0.717) is 18.0 Å². The summed E-state index contributed by atoms with van der Waals surface area (Å²) in [6, 6.07) is 9.51. The molecule has 2 amide bonds. The smallest absolute Gasteiger partial charge is 0.231 e. The van der Waals surface area contributed by atoms with Crippen LogP contribution in [0.15, 0.2) is 36.5 Å². The molecule has 2 aromatic rings. The lowest BCUT2D eigenvalue weighted by Gasteiger charge is -2.38. The fraction of sp³-hybridized carbons (Fsp3) is 0.450. The van der Waals surface area contributed by atoms with Gasteiger partial charge in [0.25, 0.3) is 0 Å². The Labute approximate surface area is 158 Å². The lowest BCUT2D eigenvalue weighted by molar-refractivity contribution is -0.140. The molecule has 1 aliphatic rings. The van der Waals surface area contributed by atoms with Crippen LogP contribution in [0.1, 0.15) is 50.1 Å². The standard InChI is InChI=1S/C20H25N3O2S/c1-20(2,3)15-12-21-19(26-15)22-18(25)14-10-11-16(24)23(4)17(14)13-8-6-5-7-9-13/h5-9,12,14,17H,10-11H2,1-4H3,(H,21,22,25). The van der Waals surface area contributed by atoms with Gasteiger partial charge < -0.3 is 10.2 Å². The van der Waals surface area contributed by atoms with Crippen molar-refractivity contribution >= 4 is 28.3 Å². The van der Waals surface area contributed by atoms with Gasteiger partial charge in [0.2, 0.25) is 11.8 Å². The molecule has 1 N–H and O–H groups in total. The zero-order valence-electron chi connectivity index (χ0n) is 15.7. The second-order valence-electron chi connectivity index (χ2n) is 7.77. The van der Waals surface area contributed by atoms with Gasteiger partial charge in [-0.1, -0.05) is 51.1 Å². The van der Waals surface area contributed by atoms with Crippen molar-refractivity contribution in [2.45, 2.75) is 45.1 Å². The summed E-state index contributed by atoms with van der Waals surface area (Å²) in [7, 11) is 1.78. The Morgan fingerprint density at radius 3 is 2.58 bits per heavy atom. The lowest BCUT2D eigenvalue weighted by atomic mass is 9.84. The summed E-state index contributed by atoms with van der Waals surface area (Å²) in [4.78, 5) is 32.4. The van der Waals surface area contributed by atoms with Gasteiger partial charge in [-0.2, -0.15) is 0 Å². The molecule has 2 unspecified atom stereocenters. The van der Waals surface area contributed by atoms with Crippen molar-refractivity contribution in [3.05, 3.63) is 47.0 Å². The van der Waals surface area contributed by atoms with Gasteiger partial charge in [-0.05, 0) is 17.4 Å². The first-order chi connectivity index (χ1) is 12.3. The number of anilines is 1. The van der Waals surface area contributed by atoms with E-state index in [2.05, 4.69) is 31.1 Å². The molecule has 1 saturated heterocycles. The molecule has 0 saturated carbocycles. The highest BCUT2D eigenvalue weighted by atomic mass is 32.1. The summed E-state index contributed by atoms with van der Waals surface area (Å²) < 4.78 is 0. The number of nitrogens with zero attached hydrogens (tertiary/aromatic N) is 2. The van der Waals surface area contributed by atoms with Crippen LogP contribution in [-0.4, -0.2) is 28.7 Å². The third kappa shape index (κ3) is 3.80. The Morgan fingerprint density at radius 1 is 1.27 bits per heavy atom. The number of rotatable bonds is 3. The van der Waals surface area contributed by atoms with E-state index in [-0.39, 0.29) is 29.2 Å². The first-order valence-corrected chi connectivity index (χ1v) is 9.67. The Hall–Kier alpha value is -2.21. The molecule has 2 heterocycles. The normalized spacial score (nSPS) is 20.9. The molecule has 3 rings (SSSR count). The van der Waals surface area contributed by atoms with Gasteiger partial charge in [0, 0.05) is 24.5 Å². The van der Waals surface area contributed by atoms with Crippen LogP contribution in [0.4, 0.5) is 5.13 Å². The number of carbonyl (C=O) groups is 2. The maximum Gasteiger partial charge on any atom is 0.231 e. The monoisotopic (exact) mass is 371 g/mol. The van der Waals surface area contributed by atoms with E-state index in [1.165, 1.54) is 11.3 Å². The average Bonchev–Trinajstić information content (AvgIpc) is 3.06. The number of nitrogens with one attached hydrogen (secondary N) is 1. The fourth-order valence-electron chi connectivity index (χ4n) is 3.30. The minimum atomic E-state index is -0.290. The maximum atomic E-state index is 13.0. The van der Waals surface area contributed by atoms with Crippen LogP contribution < -0.4 is 5.32 Å². The quantitative estimate of drug-likeness (QED) is 0.887. The van der Waals surface area contributed by atoms with Gasteiger partial charge in [-0.3, -0.25) is 9.59 Å². The molecular formula is C20H25N3O2S. The van der Waals surface area contributed by atoms with E-state index in [4.69, 9.17) is 0 Å². The van der Waals surface area contributed by atoms with Crippen molar-refractivity contribution in [1.29, 1.82) is 0 Å². The van der Waals surface area contributed by atoms with Crippen molar-refractivity contribution in [1.82, 2.24) is 9.88 Å². The molecule has 1 aliphatic heterocycles. The van der Waals surface area contributed by atoms with Crippen LogP contribution in [0.3, 0.4) is 0 Å². The SMILES string of the molecule is CN1C(=O)CCC(C(=O)Nc2ncc(C(C)(C)C)s2)C1c1ccccc1. The van der Waals surface area contributed by atoms with Crippen molar-refractivity contribution in [3.63, 3.8) is 0 Å². The summed E-state index contributed by atoms with van der Waals surface area (Å²) in [6.07, 6.45) is 2.76. The van der Waals surface area contributed by atoms with Gasteiger partial charge in [0.15, 0.2) is 5.13 Å². The number of likely N-dealkylation sites (tertiary alicyclic amines) is 1. The van der Waals surface area contributed by atoms with Crippen molar-refractivity contribution in [2.75, 3.05) is 12.4 Å². The molecule has 1 aromatic heterocycles. The second kappa shape index (κ2) is 7.19. The molecule has 138 valence electrons. The highest BCUT2D eigenvalue weighted by molar-refractivity contribution is 7.15. The minimum Gasteiger partial charge on any atom is -0.338 e. The van der Waals surface area contributed by atoms with Crippen LogP contribution in [-0.2, 0) is 15.0 Å². The number of aromatic nitrogens is 1. The maximum absolute atomic E-state index is 13.0. The van der Waals surface area contributed by atoms with Gasteiger partial charge in [-0.15, -0.1) is 11.3 Å². The van der Waals surface area contributed by atoms with E-state index >= 15 is 0 Å². The Kier molecular flexibility index (Phi) is 5.14. The molecule has 0 bridgehead atoms. The molecular weight excluding hydrogens is 346 g/mol. The van der Waals surface area contributed by atoms with E-state index in [0.717, 1.165) is 10.4 Å².